The molecule has 3 aromatic carbocycles. The molecule has 0 fully saturated rings. The number of pyridine rings is 1. The van der Waals surface area contributed by atoms with Gasteiger partial charge >= 0.3 is 0 Å². The minimum absolute atomic E-state index is 0.953. The van der Waals surface area contributed by atoms with E-state index in [1.807, 2.05) is 6.07 Å². The molecule has 0 saturated carbocycles. The zero-order valence-electron chi connectivity index (χ0n) is 15.7. The zero-order valence-corrected chi connectivity index (χ0v) is 15.7. The van der Waals surface area contributed by atoms with Gasteiger partial charge in [0.15, 0.2) is 0 Å². The van der Waals surface area contributed by atoms with Crippen molar-refractivity contribution in [1.82, 2.24) is 9.97 Å². The van der Waals surface area contributed by atoms with Gasteiger partial charge in [0, 0.05) is 16.6 Å². The van der Waals surface area contributed by atoms with Gasteiger partial charge in [0.25, 0.3) is 0 Å². The van der Waals surface area contributed by atoms with Crippen molar-refractivity contribution in [1.29, 1.82) is 0 Å². The number of rotatable bonds is 3. The molecule has 0 saturated heterocycles. The Balaban J connectivity index is 1.60. The predicted molar refractivity (Wildman–Crippen MR) is 117 cm³/mol. The first-order chi connectivity index (χ1) is 13.8. The van der Waals surface area contributed by atoms with Crippen LogP contribution in [-0.4, -0.2) is 9.97 Å². The molecule has 0 radical (unpaired) electrons. The average Bonchev–Trinajstić information content (AvgIpc) is 3.24. The van der Waals surface area contributed by atoms with E-state index >= 15 is 0 Å². The van der Waals surface area contributed by atoms with Crippen LogP contribution in [0.3, 0.4) is 0 Å². The fourth-order valence-corrected chi connectivity index (χ4v) is 3.59. The normalized spacial score (nSPS) is 11.0. The van der Waals surface area contributed by atoms with E-state index in [1.165, 1.54) is 16.7 Å². The van der Waals surface area contributed by atoms with Gasteiger partial charge in [-0.15, -0.1) is 0 Å². The van der Waals surface area contributed by atoms with Gasteiger partial charge < -0.3 is 4.98 Å². The van der Waals surface area contributed by atoms with Crippen molar-refractivity contribution in [2.45, 2.75) is 6.92 Å². The zero-order chi connectivity index (χ0) is 18.9. The highest BCUT2D eigenvalue weighted by Gasteiger charge is 2.09. The number of H-pyrrole nitrogens is 1. The maximum Gasteiger partial charge on any atom is 0.0872 e. The number of aromatic nitrogens is 2. The number of benzene rings is 3. The van der Waals surface area contributed by atoms with E-state index in [2.05, 4.69) is 103 Å². The minimum Gasteiger partial charge on any atom is -0.353 e. The van der Waals surface area contributed by atoms with Gasteiger partial charge in [-0.25, -0.2) is 4.98 Å². The van der Waals surface area contributed by atoms with Crippen LogP contribution >= 0.6 is 0 Å². The summed E-state index contributed by atoms with van der Waals surface area (Å²) in [6.07, 6.45) is 0. The smallest absolute Gasteiger partial charge is 0.0872 e. The van der Waals surface area contributed by atoms with E-state index in [4.69, 9.17) is 4.98 Å². The van der Waals surface area contributed by atoms with Crippen molar-refractivity contribution in [3.8, 4) is 33.8 Å². The topological polar surface area (TPSA) is 28.7 Å². The van der Waals surface area contributed by atoms with Crippen molar-refractivity contribution in [3.63, 3.8) is 0 Å². The standard InChI is InChI=1S/C26H20N2/c1-18-10-12-20(13-11-18)23-16-17-24(27-23)25-15-14-21-8-5-9-22(26(21)28-25)19-6-3-2-4-7-19/h2-17,27H,1H3. The summed E-state index contributed by atoms with van der Waals surface area (Å²) in [5, 5.41) is 1.15. The molecule has 0 aliphatic heterocycles. The third-order valence-electron chi connectivity index (χ3n) is 5.13. The van der Waals surface area contributed by atoms with E-state index < -0.39 is 0 Å². The first kappa shape index (κ1) is 16.5. The number of hydrogen-bond donors (Lipinski definition) is 1. The molecule has 2 nitrogen and oxygen atoms in total. The largest absolute Gasteiger partial charge is 0.353 e. The van der Waals surface area contributed by atoms with Gasteiger partial charge in [0.05, 0.1) is 16.9 Å². The Morgan fingerprint density at radius 1 is 0.607 bits per heavy atom. The molecular weight excluding hydrogens is 340 g/mol. The molecule has 0 amide bonds. The SMILES string of the molecule is Cc1ccc(-c2ccc(-c3ccc4cccc(-c5ccccc5)c4n3)[nH]2)cc1. The molecule has 2 heteroatoms. The fourth-order valence-electron chi connectivity index (χ4n) is 3.59. The quantitative estimate of drug-likeness (QED) is 0.373. The highest BCUT2D eigenvalue weighted by Crippen LogP contribution is 2.30. The average molecular weight is 360 g/mol. The second-order valence-electron chi connectivity index (χ2n) is 7.09. The van der Waals surface area contributed by atoms with Gasteiger partial charge in [-0.2, -0.15) is 0 Å². The summed E-state index contributed by atoms with van der Waals surface area (Å²) in [5.74, 6) is 0. The molecule has 2 heterocycles. The number of para-hydroxylation sites is 1. The van der Waals surface area contributed by atoms with E-state index in [0.717, 1.165) is 33.5 Å². The van der Waals surface area contributed by atoms with Gasteiger partial charge in [-0.1, -0.05) is 84.4 Å². The van der Waals surface area contributed by atoms with Crippen LogP contribution in [0.25, 0.3) is 44.7 Å². The molecule has 134 valence electrons. The summed E-state index contributed by atoms with van der Waals surface area (Å²) >= 11 is 0. The molecule has 0 unspecified atom stereocenters. The first-order valence-corrected chi connectivity index (χ1v) is 9.49. The van der Waals surface area contributed by atoms with E-state index in [-0.39, 0.29) is 0 Å². The lowest BCUT2D eigenvalue weighted by Gasteiger charge is -2.08. The molecule has 5 rings (SSSR count). The third kappa shape index (κ3) is 2.99. The molecule has 0 aliphatic rings. The van der Waals surface area contributed by atoms with Crippen LogP contribution in [0.2, 0.25) is 0 Å². The number of aromatic amines is 1. The highest BCUT2D eigenvalue weighted by atomic mass is 14.8. The fraction of sp³-hybridized carbons (Fsp3) is 0.0385. The molecule has 0 bridgehead atoms. The Morgan fingerprint density at radius 3 is 2.21 bits per heavy atom. The Kier molecular flexibility index (Phi) is 4.02. The third-order valence-corrected chi connectivity index (χ3v) is 5.13. The number of aryl methyl sites for hydroxylation is 1. The van der Waals surface area contributed by atoms with Crippen LogP contribution < -0.4 is 0 Å². The Hall–Kier alpha value is -3.65. The van der Waals surface area contributed by atoms with E-state index in [9.17, 15) is 0 Å². The van der Waals surface area contributed by atoms with Crippen molar-refractivity contribution in [2.24, 2.45) is 0 Å². The molecule has 0 aliphatic carbocycles. The van der Waals surface area contributed by atoms with Crippen LogP contribution in [-0.2, 0) is 0 Å². The van der Waals surface area contributed by atoms with E-state index in [0.29, 0.717) is 0 Å². The lowest BCUT2D eigenvalue weighted by Crippen LogP contribution is -1.89. The van der Waals surface area contributed by atoms with Crippen LogP contribution in [0.5, 0.6) is 0 Å². The summed E-state index contributed by atoms with van der Waals surface area (Å²) < 4.78 is 0. The molecule has 1 N–H and O–H groups in total. The minimum atomic E-state index is 0.953. The number of fused-ring (bicyclic) bond motifs is 1. The van der Waals surface area contributed by atoms with Crippen molar-refractivity contribution < 1.29 is 0 Å². The number of nitrogens with zero attached hydrogens (tertiary/aromatic N) is 1. The summed E-state index contributed by atoms with van der Waals surface area (Å²) in [6.45, 7) is 2.10. The van der Waals surface area contributed by atoms with Crippen LogP contribution in [0.15, 0.2) is 97.1 Å². The molecule has 5 aromatic rings. The molecule has 28 heavy (non-hydrogen) atoms. The summed E-state index contributed by atoms with van der Waals surface area (Å²) in [4.78, 5) is 8.54. The number of nitrogens with one attached hydrogen (secondary N) is 1. The van der Waals surface area contributed by atoms with Crippen LogP contribution in [0.1, 0.15) is 5.56 Å². The maximum atomic E-state index is 5.01. The maximum absolute atomic E-state index is 5.01. The summed E-state index contributed by atoms with van der Waals surface area (Å²) in [5.41, 5.74) is 8.90. The molecule has 2 aromatic heterocycles. The van der Waals surface area contributed by atoms with Gasteiger partial charge in [-0.3, -0.25) is 0 Å². The highest BCUT2D eigenvalue weighted by molar-refractivity contribution is 5.94. The lowest BCUT2D eigenvalue weighted by atomic mass is 10.0. The second kappa shape index (κ2) is 6.82. The van der Waals surface area contributed by atoms with Crippen molar-refractivity contribution in [3.05, 3.63) is 103 Å². The van der Waals surface area contributed by atoms with Gasteiger partial charge in [-0.05, 0) is 36.2 Å². The van der Waals surface area contributed by atoms with Crippen molar-refractivity contribution in [2.75, 3.05) is 0 Å². The molecular formula is C26H20N2. The Bertz CT molecular complexity index is 1250. The van der Waals surface area contributed by atoms with Gasteiger partial charge in [0.1, 0.15) is 0 Å². The van der Waals surface area contributed by atoms with Crippen LogP contribution in [0, 0.1) is 6.92 Å². The second-order valence-corrected chi connectivity index (χ2v) is 7.09. The van der Waals surface area contributed by atoms with E-state index in [1.54, 1.807) is 0 Å². The summed E-state index contributed by atoms with van der Waals surface area (Å²) in [6, 6.07) is 33.8. The Morgan fingerprint density at radius 2 is 1.39 bits per heavy atom. The first-order valence-electron chi connectivity index (χ1n) is 9.49. The molecule has 0 atom stereocenters. The Labute approximate surface area is 164 Å². The van der Waals surface area contributed by atoms with Crippen LogP contribution in [0.4, 0.5) is 0 Å². The number of hydrogen-bond acceptors (Lipinski definition) is 1. The predicted octanol–water partition coefficient (Wildman–Crippen LogP) is 6.87. The summed E-state index contributed by atoms with van der Waals surface area (Å²) in [7, 11) is 0. The monoisotopic (exact) mass is 360 g/mol. The molecule has 0 spiro atoms. The lowest BCUT2D eigenvalue weighted by molar-refractivity contribution is 1.32. The van der Waals surface area contributed by atoms with Gasteiger partial charge in [0.2, 0.25) is 0 Å². The van der Waals surface area contributed by atoms with Crippen molar-refractivity contribution >= 4 is 10.9 Å².